The maximum atomic E-state index is 12.4. The van der Waals surface area contributed by atoms with Crippen LogP contribution in [0.1, 0.15) is 35.7 Å². The zero-order valence-corrected chi connectivity index (χ0v) is 15.7. The number of aryl methyl sites for hydroxylation is 1. The van der Waals surface area contributed by atoms with Crippen molar-refractivity contribution in [3.05, 3.63) is 58.6 Å². The van der Waals surface area contributed by atoms with E-state index in [0.717, 1.165) is 12.8 Å². The highest BCUT2D eigenvalue weighted by Gasteiger charge is 2.16. The minimum absolute atomic E-state index is 0.123. The normalized spacial score (nSPS) is 11.2. The molecule has 2 rings (SSSR count). The third-order valence-electron chi connectivity index (χ3n) is 3.67. The standard InChI is InChI=1S/C18H21ClN2O3S/c1-3-4-11-20-18(22)14-5-10-17(13(2)12-14)21-25(23,24)16-8-6-15(19)7-9-16/h5-10,12,21H,3-4,11H2,1-2H3,(H,20,22). The Morgan fingerprint density at radius 2 is 1.80 bits per heavy atom. The van der Waals surface area contributed by atoms with Crippen molar-refractivity contribution < 1.29 is 13.2 Å². The molecule has 25 heavy (non-hydrogen) atoms. The van der Waals surface area contributed by atoms with Gasteiger partial charge in [0, 0.05) is 17.1 Å². The molecule has 134 valence electrons. The van der Waals surface area contributed by atoms with E-state index in [4.69, 9.17) is 11.6 Å². The van der Waals surface area contributed by atoms with Gasteiger partial charge < -0.3 is 5.32 Å². The highest BCUT2D eigenvalue weighted by Crippen LogP contribution is 2.22. The van der Waals surface area contributed by atoms with E-state index in [2.05, 4.69) is 17.0 Å². The summed E-state index contributed by atoms with van der Waals surface area (Å²) in [6, 6.07) is 10.8. The molecule has 5 nitrogen and oxygen atoms in total. The number of hydrogen-bond acceptors (Lipinski definition) is 3. The minimum atomic E-state index is -3.71. The van der Waals surface area contributed by atoms with Crippen molar-refractivity contribution in [2.45, 2.75) is 31.6 Å². The molecule has 0 saturated carbocycles. The van der Waals surface area contributed by atoms with Gasteiger partial charge >= 0.3 is 0 Å². The summed E-state index contributed by atoms with van der Waals surface area (Å²) in [6.07, 6.45) is 1.93. The molecule has 0 aliphatic rings. The molecule has 2 N–H and O–H groups in total. The van der Waals surface area contributed by atoms with Crippen molar-refractivity contribution >= 4 is 33.2 Å². The average molecular weight is 381 g/mol. The highest BCUT2D eigenvalue weighted by atomic mass is 35.5. The van der Waals surface area contributed by atoms with Gasteiger partial charge in [-0.3, -0.25) is 9.52 Å². The van der Waals surface area contributed by atoms with Crippen LogP contribution in [0.3, 0.4) is 0 Å². The summed E-state index contributed by atoms with van der Waals surface area (Å²) in [4.78, 5) is 12.2. The van der Waals surface area contributed by atoms with Crippen LogP contribution in [0.15, 0.2) is 47.4 Å². The summed E-state index contributed by atoms with van der Waals surface area (Å²) in [5, 5.41) is 3.30. The smallest absolute Gasteiger partial charge is 0.261 e. The van der Waals surface area contributed by atoms with Crippen LogP contribution in [0.2, 0.25) is 5.02 Å². The minimum Gasteiger partial charge on any atom is -0.352 e. The fourth-order valence-corrected chi connectivity index (χ4v) is 3.47. The SMILES string of the molecule is CCCCNC(=O)c1ccc(NS(=O)(=O)c2ccc(Cl)cc2)c(C)c1. The number of carbonyl (C=O) groups excluding carboxylic acids is 1. The molecule has 7 heteroatoms. The number of carbonyl (C=O) groups is 1. The number of anilines is 1. The number of benzene rings is 2. The van der Waals surface area contributed by atoms with Gasteiger partial charge in [0.25, 0.3) is 15.9 Å². The molecule has 0 bridgehead atoms. The molecule has 2 aromatic carbocycles. The van der Waals surface area contributed by atoms with Gasteiger partial charge in [0.15, 0.2) is 0 Å². The van der Waals surface area contributed by atoms with Gasteiger partial charge in [0.1, 0.15) is 0 Å². The lowest BCUT2D eigenvalue weighted by molar-refractivity contribution is 0.0953. The van der Waals surface area contributed by atoms with E-state index in [1.807, 2.05) is 0 Å². The van der Waals surface area contributed by atoms with Crippen LogP contribution in [0.4, 0.5) is 5.69 Å². The lowest BCUT2D eigenvalue weighted by Crippen LogP contribution is -2.24. The van der Waals surface area contributed by atoms with Crippen molar-refractivity contribution in [1.29, 1.82) is 0 Å². The Morgan fingerprint density at radius 3 is 2.40 bits per heavy atom. The third kappa shape index (κ3) is 5.21. The predicted molar refractivity (Wildman–Crippen MR) is 101 cm³/mol. The molecule has 2 aromatic rings. The number of amides is 1. The first-order valence-electron chi connectivity index (χ1n) is 8.00. The molecule has 0 heterocycles. The molecule has 0 saturated heterocycles. The van der Waals surface area contributed by atoms with E-state index in [1.165, 1.54) is 24.3 Å². The zero-order valence-electron chi connectivity index (χ0n) is 14.2. The molecule has 0 atom stereocenters. The number of sulfonamides is 1. The molecule has 0 spiro atoms. The lowest BCUT2D eigenvalue weighted by atomic mass is 10.1. The summed E-state index contributed by atoms with van der Waals surface area (Å²) in [6.45, 7) is 4.43. The van der Waals surface area contributed by atoms with Crippen molar-refractivity contribution in [1.82, 2.24) is 5.32 Å². The van der Waals surface area contributed by atoms with Gasteiger partial charge in [0.2, 0.25) is 0 Å². The first-order valence-corrected chi connectivity index (χ1v) is 9.87. The highest BCUT2D eigenvalue weighted by molar-refractivity contribution is 7.92. The number of hydrogen-bond donors (Lipinski definition) is 2. The van der Waals surface area contributed by atoms with Crippen LogP contribution in [0, 0.1) is 6.92 Å². The van der Waals surface area contributed by atoms with E-state index >= 15 is 0 Å². The molecule has 0 aliphatic carbocycles. The maximum absolute atomic E-state index is 12.4. The predicted octanol–water partition coefficient (Wildman–Crippen LogP) is 3.98. The number of rotatable bonds is 7. The molecular weight excluding hydrogens is 360 g/mol. The van der Waals surface area contributed by atoms with Crippen LogP contribution < -0.4 is 10.0 Å². The van der Waals surface area contributed by atoms with Crippen LogP contribution in [-0.4, -0.2) is 20.9 Å². The Morgan fingerprint density at radius 1 is 1.12 bits per heavy atom. The summed E-state index contributed by atoms with van der Waals surface area (Å²) in [7, 11) is -3.71. The Bertz CT molecular complexity index is 849. The van der Waals surface area contributed by atoms with E-state index < -0.39 is 10.0 Å². The fourth-order valence-electron chi connectivity index (χ4n) is 2.22. The fraction of sp³-hybridized carbons (Fsp3) is 0.278. The number of nitrogens with one attached hydrogen (secondary N) is 2. The second-order valence-corrected chi connectivity index (χ2v) is 7.82. The quantitative estimate of drug-likeness (QED) is 0.713. The van der Waals surface area contributed by atoms with E-state index in [0.29, 0.717) is 28.4 Å². The van der Waals surface area contributed by atoms with E-state index in [9.17, 15) is 13.2 Å². The van der Waals surface area contributed by atoms with Crippen LogP contribution in [0.5, 0.6) is 0 Å². The maximum Gasteiger partial charge on any atom is 0.261 e. The Hall–Kier alpha value is -2.05. The van der Waals surface area contributed by atoms with Gasteiger partial charge in [-0.15, -0.1) is 0 Å². The summed E-state index contributed by atoms with van der Waals surface area (Å²) >= 11 is 5.79. The number of halogens is 1. The van der Waals surface area contributed by atoms with E-state index in [1.54, 1.807) is 25.1 Å². The molecule has 0 unspecified atom stereocenters. The first kappa shape index (κ1) is 19.3. The molecule has 0 fully saturated rings. The van der Waals surface area contributed by atoms with Crippen molar-refractivity contribution in [3.63, 3.8) is 0 Å². The Balaban J connectivity index is 2.15. The first-order chi connectivity index (χ1) is 11.8. The topological polar surface area (TPSA) is 75.3 Å². The monoisotopic (exact) mass is 380 g/mol. The Labute approximate surface area is 153 Å². The second kappa shape index (κ2) is 8.36. The van der Waals surface area contributed by atoms with Gasteiger partial charge in [-0.2, -0.15) is 0 Å². The average Bonchev–Trinajstić information content (AvgIpc) is 2.57. The molecule has 0 aliphatic heterocycles. The van der Waals surface area contributed by atoms with Crippen LogP contribution >= 0.6 is 11.6 Å². The Kier molecular flexibility index (Phi) is 6.45. The summed E-state index contributed by atoms with van der Waals surface area (Å²) < 4.78 is 27.4. The van der Waals surface area contributed by atoms with Crippen molar-refractivity contribution in [2.24, 2.45) is 0 Å². The summed E-state index contributed by atoms with van der Waals surface area (Å²) in [5.74, 6) is -0.163. The van der Waals surface area contributed by atoms with Crippen LogP contribution in [0.25, 0.3) is 0 Å². The van der Waals surface area contributed by atoms with Gasteiger partial charge in [-0.1, -0.05) is 24.9 Å². The molecule has 0 radical (unpaired) electrons. The van der Waals surface area contributed by atoms with Crippen LogP contribution in [-0.2, 0) is 10.0 Å². The number of unbranched alkanes of at least 4 members (excludes halogenated alkanes) is 1. The summed E-state index contributed by atoms with van der Waals surface area (Å²) in [5.41, 5.74) is 1.60. The van der Waals surface area contributed by atoms with Gasteiger partial charge in [0.05, 0.1) is 10.6 Å². The zero-order chi connectivity index (χ0) is 18.4. The van der Waals surface area contributed by atoms with Crippen molar-refractivity contribution in [3.8, 4) is 0 Å². The molecule has 1 amide bonds. The van der Waals surface area contributed by atoms with Crippen molar-refractivity contribution in [2.75, 3.05) is 11.3 Å². The lowest BCUT2D eigenvalue weighted by Gasteiger charge is -2.12. The second-order valence-electron chi connectivity index (χ2n) is 5.70. The molecule has 0 aromatic heterocycles. The van der Waals surface area contributed by atoms with Gasteiger partial charge in [-0.05, 0) is 61.4 Å². The van der Waals surface area contributed by atoms with Gasteiger partial charge in [-0.25, -0.2) is 8.42 Å². The molecular formula is C18H21ClN2O3S. The largest absolute Gasteiger partial charge is 0.352 e. The third-order valence-corrected chi connectivity index (χ3v) is 5.31. The van der Waals surface area contributed by atoms with E-state index in [-0.39, 0.29) is 10.8 Å².